The van der Waals surface area contributed by atoms with Gasteiger partial charge in [0.05, 0.1) is 17.4 Å². The molecule has 1 saturated heterocycles. The van der Waals surface area contributed by atoms with Gasteiger partial charge < -0.3 is 10.2 Å². The largest absolute Gasteiger partial charge is 0.355 e. The summed E-state index contributed by atoms with van der Waals surface area (Å²) in [5.41, 5.74) is 3.19. The van der Waals surface area contributed by atoms with Gasteiger partial charge >= 0.3 is 0 Å². The fraction of sp³-hybridized carbons (Fsp3) is 0.280. The molecule has 0 aliphatic carbocycles. The number of benzene rings is 2. The molecule has 0 spiro atoms. The van der Waals surface area contributed by atoms with Gasteiger partial charge in [-0.15, -0.1) is 0 Å². The van der Waals surface area contributed by atoms with Gasteiger partial charge in [-0.2, -0.15) is 0 Å². The zero-order chi connectivity index (χ0) is 21.6. The van der Waals surface area contributed by atoms with E-state index in [1.165, 1.54) is 23.3 Å². The number of halogens is 1. The molecule has 0 unspecified atom stereocenters. The minimum absolute atomic E-state index is 0.0211. The second-order valence-electron chi connectivity index (χ2n) is 7.94. The maximum atomic E-state index is 13.8. The molecule has 6 heteroatoms. The zero-order valence-electron chi connectivity index (χ0n) is 17.7. The maximum absolute atomic E-state index is 13.8. The van der Waals surface area contributed by atoms with E-state index in [1.807, 2.05) is 12.1 Å². The quantitative estimate of drug-likeness (QED) is 0.663. The molecule has 1 amide bonds. The first-order chi connectivity index (χ1) is 15.1. The number of nitrogens with zero attached hydrogens (tertiary/aromatic N) is 3. The minimum atomic E-state index is -0.538. The van der Waals surface area contributed by atoms with Crippen LogP contribution in [0.2, 0.25) is 0 Å². The van der Waals surface area contributed by atoms with Gasteiger partial charge in [-0.25, -0.2) is 9.37 Å². The summed E-state index contributed by atoms with van der Waals surface area (Å²) < 4.78 is 13.8. The monoisotopic (exact) mass is 418 g/mol. The number of aryl methyl sites for hydroxylation is 1. The number of hydrogen-bond donors (Lipinski definition) is 1. The predicted molar refractivity (Wildman–Crippen MR) is 122 cm³/mol. The molecule has 1 N–H and O–H groups in total. The molecular weight excluding hydrogens is 391 g/mol. The van der Waals surface area contributed by atoms with Gasteiger partial charge in [-0.1, -0.05) is 42.0 Å². The molecule has 0 bridgehead atoms. The molecule has 5 nitrogen and oxygen atoms in total. The lowest BCUT2D eigenvalue weighted by Crippen LogP contribution is -2.31. The molecule has 3 aromatic rings. The molecule has 1 aliphatic heterocycles. The van der Waals surface area contributed by atoms with Crippen LogP contribution in [-0.4, -0.2) is 42.0 Å². The van der Waals surface area contributed by atoms with Crippen LogP contribution in [0.25, 0.3) is 0 Å². The zero-order valence-corrected chi connectivity index (χ0v) is 17.7. The summed E-state index contributed by atoms with van der Waals surface area (Å²) in [5, 5.41) is 2.71. The summed E-state index contributed by atoms with van der Waals surface area (Å²) in [5.74, 6) is -0.125. The first-order valence-electron chi connectivity index (χ1n) is 10.6. The molecule has 0 radical (unpaired) electrons. The van der Waals surface area contributed by atoms with Crippen LogP contribution < -0.4 is 10.2 Å². The molecule has 0 atom stereocenters. The number of nitrogens with one attached hydrogen (secondary N) is 1. The van der Waals surface area contributed by atoms with Crippen LogP contribution in [0.4, 0.5) is 15.9 Å². The smallest absolute Gasteiger partial charge is 0.258 e. The Kier molecular flexibility index (Phi) is 6.57. The average molecular weight is 419 g/mol. The summed E-state index contributed by atoms with van der Waals surface area (Å²) >= 11 is 0. The number of carbonyl (C=O) groups excluding carboxylic acids is 1. The third-order valence-corrected chi connectivity index (χ3v) is 5.56. The van der Waals surface area contributed by atoms with Gasteiger partial charge in [0, 0.05) is 32.7 Å². The van der Waals surface area contributed by atoms with E-state index in [0.717, 1.165) is 45.0 Å². The highest BCUT2D eigenvalue weighted by atomic mass is 19.1. The van der Waals surface area contributed by atoms with E-state index in [2.05, 4.69) is 51.3 Å². The van der Waals surface area contributed by atoms with Crippen molar-refractivity contribution < 1.29 is 9.18 Å². The normalized spacial score (nSPS) is 14.8. The maximum Gasteiger partial charge on any atom is 0.258 e. The van der Waals surface area contributed by atoms with Crippen molar-refractivity contribution in [2.45, 2.75) is 19.9 Å². The van der Waals surface area contributed by atoms with E-state index < -0.39 is 11.7 Å². The van der Waals surface area contributed by atoms with Crippen LogP contribution in [0.1, 0.15) is 27.9 Å². The molecule has 31 heavy (non-hydrogen) atoms. The lowest BCUT2D eigenvalue weighted by Gasteiger charge is -2.23. The van der Waals surface area contributed by atoms with Crippen molar-refractivity contribution in [2.75, 3.05) is 36.4 Å². The molecule has 1 aliphatic rings. The van der Waals surface area contributed by atoms with Crippen LogP contribution in [0.3, 0.4) is 0 Å². The third kappa shape index (κ3) is 5.47. The molecular formula is C25H27FN4O. The highest BCUT2D eigenvalue weighted by Gasteiger charge is 2.17. The summed E-state index contributed by atoms with van der Waals surface area (Å²) in [6.45, 7) is 6.94. The predicted octanol–water partition coefficient (Wildman–Crippen LogP) is 4.49. The fourth-order valence-corrected chi connectivity index (χ4v) is 3.80. The van der Waals surface area contributed by atoms with Gasteiger partial charge in [-0.05, 0) is 43.2 Å². The Hall–Kier alpha value is -3.25. The lowest BCUT2D eigenvalue weighted by molar-refractivity contribution is 0.102. The van der Waals surface area contributed by atoms with Crippen molar-refractivity contribution in [3.05, 3.63) is 89.4 Å². The summed E-state index contributed by atoms with van der Waals surface area (Å²) in [6, 6.07) is 18.4. The Bertz CT molecular complexity index is 1020. The SMILES string of the molecule is Cc1ccc(CN2CCCN(c3ccc(NC(=O)c4ccccc4F)cn3)CC2)cc1. The van der Waals surface area contributed by atoms with E-state index in [0.29, 0.717) is 5.69 Å². The molecule has 1 aromatic heterocycles. The highest BCUT2D eigenvalue weighted by molar-refractivity contribution is 6.04. The third-order valence-electron chi connectivity index (χ3n) is 5.56. The van der Waals surface area contributed by atoms with Crippen LogP contribution in [0, 0.1) is 12.7 Å². The number of amides is 1. The summed E-state index contributed by atoms with van der Waals surface area (Å²) in [6.07, 6.45) is 2.70. The highest BCUT2D eigenvalue weighted by Crippen LogP contribution is 2.18. The van der Waals surface area contributed by atoms with Crippen LogP contribution in [0.5, 0.6) is 0 Å². The average Bonchev–Trinajstić information content (AvgIpc) is 3.02. The Balaban J connectivity index is 1.34. The van der Waals surface area contributed by atoms with E-state index in [1.54, 1.807) is 18.3 Å². The van der Waals surface area contributed by atoms with Gasteiger partial charge in [0.2, 0.25) is 0 Å². The number of pyridine rings is 1. The molecule has 0 saturated carbocycles. The van der Waals surface area contributed by atoms with Crippen LogP contribution >= 0.6 is 0 Å². The van der Waals surface area contributed by atoms with Crippen molar-refractivity contribution in [1.82, 2.24) is 9.88 Å². The Morgan fingerprint density at radius 3 is 2.55 bits per heavy atom. The number of hydrogen-bond acceptors (Lipinski definition) is 4. The van der Waals surface area contributed by atoms with Gasteiger partial charge in [-0.3, -0.25) is 9.69 Å². The van der Waals surface area contributed by atoms with Crippen LogP contribution in [0.15, 0.2) is 66.9 Å². The lowest BCUT2D eigenvalue weighted by atomic mass is 10.1. The first-order valence-corrected chi connectivity index (χ1v) is 10.6. The van der Waals surface area contributed by atoms with Crippen LogP contribution in [-0.2, 0) is 6.54 Å². The van der Waals surface area contributed by atoms with Crippen molar-refractivity contribution in [2.24, 2.45) is 0 Å². The molecule has 2 heterocycles. The number of carbonyl (C=O) groups is 1. The standard InChI is InChI=1S/C25H27FN4O/c1-19-7-9-20(10-8-19)18-29-13-4-14-30(16-15-29)24-12-11-21(17-27-24)28-25(31)22-5-2-3-6-23(22)26/h2-3,5-12,17H,4,13-16,18H2,1H3,(H,28,31). The van der Waals surface area contributed by atoms with E-state index in [-0.39, 0.29) is 5.56 Å². The molecule has 2 aromatic carbocycles. The van der Waals surface area contributed by atoms with E-state index in [4.69, 9.17) is 0 Å². The second-order valence-corrected chi connectivity index (χ2v) is 7.94. The van der Waals surface area contributed by atoms with Crippen molar-refractivity contribution in [3.8, 4) is 0 Å². The second kappa shape index (κ2) is 9.71. The van der Waals surface area contributed by atoms with Gasteiger partial charge in [0.1, 0.15) is 11.6 Å². The fourth-order valence-electron chi connectivity index (χ4n) is 3.80. The number of aromatic nitrogens is 1. The Labute approximate surface area is 182 Å². The Morgan fingerprint density at radius 2 is 1.81 bits per heavy atom. The minimum Gasteiger partial charge on any atom is -0.355 e. The topological polar surface area (TPSA) is 48.5 Å². The summed E-state index contributed by atoms with van der Waals surface area (Å²) in [4.78, 5) is 21.6. The van der Waals surface area contributed by atoms with Gasteiger partial charge in [0.25, 0.3) is 5.91 Å². The number of rotatable bonds is 5. The summed E-state index contributed by atoms with van der Waals surface area (Å²) in [7, 11) is 0. The Morgan fingerprint density at radius 1 is 1.00 bits per heavy atom. The number of anilines is 2. The van der Waals surface area contributed by atoms with Crippen molar-refractivity contribution in [3.63, 3.8) is 0 Å². The molecule has 4 rings (SSSR count). The van der Waals surface area contributed by atoms with E-state index >= 15 is 0 Å². The van der Waals surface area contributed by atoms with E-state index in [9.17, 15) is 9.18 Å². The molecule has 160 valence electrons. The van der Waals surface area contributed by atoms with Crippen molar-refractivity contribution >= 4 is 17.4 Å². The van der Waals surface area contributed by atoms with Gasteiger partial charge in [0.15, 0.2) is 0 Å². The molecule has 1 fully saturated rings. The first kappa shape index (κ1) is 21.0. The van der Waals surface area contributed by atoms with Crippen molar-refractivity contribution in [1.29, 1.82) is 0 Å².